The molecule has 6 nitrogen and oxygen atoms in total. The third-order valence-electron chi connectivity index (χ3n) is 7.06. The fourth-order valence-electron chi connectivity index (χ4n) is 5.29. The van der Waals surface area contributed by atoms with E-state index in [0.29, 0.717) is 59.1 Å². The van der Waals surface area contributed by atoms with Crippen molar-refractivity contribution in [2.45, 2.75) is 38.5 Å². The minimum atomic E-state index is -0.944. The van der Waals surface area contributed by atoms with Crippen molar-refractivity contribution in [1.29, 1.82) is 0 Å². The summed E-state index contributed by atoms with van der Waals surface area (Å²) in [5.41, 5.74) is 1.16. The molecule has 0 atom stereocenters. The van der Waals surface area contributed by atoms with Gasteiger partial charge in [-0.25, -0.2) is 0 Å². The van der Waals surface area contributed by atoms with E-state index in [1.54, 1.807) is 49.3 Å². The molecule has 1 spiro atoms. The Bertz CT molecular complexity index is 1210. The number of piperidine rings is 1. The molecular formula is C28H28ClNO5. The molecule has 7 heteroatoms. The Hall–Kier alpha value is -3.30. The number of carbonyl (C=O) groups excluding carboxylic acids is 3. The van der Waals surface area contributed by atoms with Gasteiger partial charge < -0.3 is 14.4 Å². The summed E-state index contributed by atoms with van der Waals surface area (Å²) in [7, 11) is 3.03. The van der Waals surface area contributed by atoms with Crippen LogP contribution in [0.25, 0.3) is 0 Å². The first kappa shape index (κ1) is 24.8. The van der Waals surface area contributed by atoms with E-state index >= 15 is 0 Å². The third-order valence-corrected chi connectivity index (χ3v) is 7.37. The Morgan fingerprint density at radius 2 is 1.66 bits per heavy atom. The number of amides is 1. The first-order valence-corrected chi connectivity index (χ1v) is 12.0. The molecule has 4 rings (SSSR count). The average Bonchev–Trinajstić information content (AvgIpc) is 2.84. The van der Waals surface area contributed by atoms with Gasteiger partial charge in [0.05, 0.1) is 19.8 Å². The highest BCUT2D eigenvalue weighted by Crippen LogP contribution is 2.48. The number of benzene rings is 2. The second-order valence-electron chi connectivity index (χ2n) is 9.16. The van der Waals surface area contributed by atoms with Crippen LogP contribution >= 0.6 is 11.6 Å². The number of methoxy groups -OCH3 is 2. The molecule has 0 radical (unpaired) electrons. The molecule has 2 aliphatic rings. The predicted molar refractivity (Wildman–Crippen MR) is 133 cm³/mol. The molecule has 35 heavy (non-hydrogen) atoms. The Morgan fingerprint density at radius 3 is 2.26 bits per heavy atom. The molecule has 1 saturated heterocycles. The highest BCUT2D eigenvalue weighted by molar-refractivity contribution is 6.32. The standard InChI is InChI=1S/C28H28ClNO5/c1-4-7-18-14-20(29)25(24(15-18)35-3)26-21(31)16-28(17-22(26)32)10-12-30(13-11-28)27(33)19-8-5-6-9-23(19)34-2/h5-6,8-9,14-15,26H,10-13,16-17H2,1-3H3. The molecule has 1 amide bonds. The van der Waals surface area contributed by atoms with E-state index in [2.05, 4.69) is 11.8 Å². The maximum absolute atomic E-state index is 13.4. The maximum Gasteiger partial charge on any atom is 0.257 e. The quantitative estimate of drug-likeness (QED) is 0.457. The van der Waals surface area contributed by atoms with E-state index in [9.17, 15) is 14.4 Å². The number of para-hydroxylation sites is 1. The molecule has 0 aromatic heterocycles. The Balaban J connectivity index is 1.51. The molecule has 182 valence electrons. The zero-order valence-electron chi connectivity index (χ0n) is 20.2. The SMILES string of the molecule is CC#Cc1cc(Cl)c(C2C(=O)CC3(CCN(C(=O)c4ccccc4OC)CC3)CC2=O)c(OC)c1. The van der Waals surface area contributed by atoms with Gasteiger partial charge in [0.15, 0.2) is 0 Å². The first-order valence-electron chi connectivity index (χ1n) is 11.6. The van der Waals surface area contributed by atoms with E-state index < -0.39 is 11.3 Å². The van der Waals surface area contributed by atoms with Crippen LogP contribution in [-0.4, -0.2) is 49.7 Å². The van der Waals surface area contributed by atoms with Crippen molar-refractivity contribution < 1.29 is 23.9 Å². The number of rotatable bonds is 4. The second-order valence-corrected chi connectivity index (χ2v) is 9.57. The van der Waals surface area contributed by atoms with Gasteiger partial charge >= 0.3 is 0 Å². The molecule has 1 aliphatic carbocycles. The van der Waals surface area contributed by atoms with Crippen LogP contribution in [0.1, 0.15) is 60.0 Å². The summed E-state index contributed by atoms with van der Waals surface area (Å²) < 4.78 is 10.8. The molecule has 2 aromatic rings. The summed E-state index contributed by atoms with van der Waals surface area (Å²) in [6.45, 7) is 2.68. The lowest BCUT2D eigenvalue weighted by Crippen LogP contribution is -2.48. The minimum Gasteiger partial charge on any atom is -0.496 e. The highest BCUT2D eigenvalue weighted by Gasteiger charge is 2.48. The van der Waals surface area contributed by atoms with Crippen LogP contribution in [0, 0.1) is 17.3 Å². The molecular weight excluding hydrogens is 466 g/mol. The zero-order chi connectivity index (χ0) is 25.2. The van der Waals surface area contributed by atoms with Crippen LogP contribution in [0.5, 0.6) is 11.5 Å². The van der Waals surface area contributed by atoms with Crippen molar-refractivity contribution in [3.63, 3.8) is 0 Å². The summed E-state index contributed by atoms with van der Waals surface area (Å²) in [5.74, 6) is 5.32. The summed E-state index contributed by atoms with van der Waals surface area (Å²) in [4.78, 5) is 41.6. The third kappa shape index (κ3) is 4.78. The Labute approximate surface area is 210 Å². The van der Waals surface area contributed by atoms with E-state index in [-0.39, 0.29) is 30.3 Å². The number of hydrogen-bond acceptors (Lipinski definition) is 5. The van der Waals surface area contributed by atoms with Crippen molar-refractivity contribution in [2.24, 2.45) is 5.41 Å². The number of carbonyl (C=O) groups is 3. The average molecular weight is 494 g/mol. The lowest BCUT2D eigenvalue weighted by molar-refractivity contribution is -0.138. The second kappa shape index (κ2) is 10.1. The molecule has 1 aliphatic heterocycles. The van der Waals surface area contributed by atoms with Gasteiger partial charge in [-0.2, -0.15) is 0 Å². The Morgan fingerprint density at radius 1 is 1.03 bits per heavy atom. The number of likely N-dealkylation sites (tertiary alicyclic amines) is 1. The minimum absolute atomic E-state index is 0.101. The molecule has 0 N–H and O–H groups in total. The lowest BCUT2D eigenvalue weighted by atomic mass is 9.63. The van der Waals surface area contributed by atoms with Gasteiger partial charge in [0.25, 0.3) is 5.91 Å². The van der Waals surface area contributed by atoms with Crippen molar-refractivity contribution >= 4 is 29.1 Å². The number of halogens is 1. The van der Waals surface area contributed by atoms with Crippen LogP contribution in [-0.2, 0) is 9.59 Å². The van der Waals surface area contributed by atoms with Crippen LogP contribution in [0.4, 0.5) is 0 Å². The van der Waals surface area contributed by atoms with Gasteiger partial charge in [-0.3, -0.25) is 14.4 Å². The van der Waals surface area contributed by atoms with Crippen molar-refractivity contribution in [2.75, 3.05) is 27.3 Å². The van der Waals surface area contributed by atoms with E-state index in [1.807, 2.05) is 6.07 Å². The lowest BCUT2D eigenvalue weighted by Gasteiger charge is -2.44. The molecule has 0 bridgehead atoms. The monoisotopic (exact) mass is 493 g/mol. The number of ether oxygens (including phenoxy) is 2. The van der Waals surface area contributed by atoms with E-state index in [4.69, 9.17) is 21.1 Å². The largest absolute Gasteiger partial charge is 0.496 e. The summed E-state index contributed by atoms with van der Waals surface area (Å²) in [6, 6.07) is 10.5. The van der Waals surface area contributed by atoms with Gasteiger partial charge in [-0.1, -0.05) is 29.7 Å². The number of nitrogens with zero attached hydrogens (tertiary/aromatic N) is 1. The number of Topliss-reactive ketones (excluding diaryl/α,β-unsaturated/α-hetero) is 2. The van der Waals surface area contributed by atoms with Crippen molar-refractivity contribution in [1.82, 2.24) is 4.90 Å². The molecule has 2 aromatic carbocycles. The van der Waals surface area contributed by atoms with Gasteiger partial charge in [0.2, 0.25) is 0 Å². The normalized spacial score (nSPS) is 17.7. The zero-order valence-corrected chi connectivity index (χ0v) is 20.9. The molecule has 1 saturated carbocycles. The number of hydrogen-bond donors (Lipinski definition) is 0. The topological polar surface area (TPSA) is 72.9 Å². The molecule has 0 unspecified atom stereocenters. The van der Waals surface area contributed by atoms with Gasteiger partial charge in [-0.05, 0) is 49.4 Å². The number of ketones is 2. The molecule has 1 heterocycles. The smallest absolute Gasteiger partial charge is 0.257 e. The van der Waals surface area contributed by atoms with Gasteiger partial charge in [0.1, 0.15) is 29.0 Å². The van der Waals surface area contributed by atoms with Crippen LogP contribution in [0.2, 0.25) is 5.02 Å². The predicted octanol–water partition coefficient (Wildman–Crippen LogP) is 4.67. The van der Waals surface area contributed by atoms with Crippen molar-refractivity contribution in [3.05, 3.63) is 58.1 Å². The van der Waals surface area contributed by atoms with Gasteiger partial charge in [-0.15, -0.1) is 5.92 Å². The van der Waals surface area contributed by atoms with Crippen LogP contribution in [0.15, 0.2) is 36.4 Å². The van der Waals surface area contributed by atoms with Gasteiger partial charge in [0, 0.05) is 42.1 Å². The first-order chi connectivity index (χ1) is 16.8. The van der Waals surface area contributed by atoms with E-state index in [0.717, 1.165) is 0 Å². The van der Waals surface area contributed by atoms with Crippen molar-refractivity contribution in [3.8, 4) is 23.3 Å². The maximum atomic E-state index is 13.4. The fraction of sp³-hybridized carbons (Fsp3) is 0.393. The Kier molecular flexibility index (Phi) is 7.18. The summed E-state index contributed by atoms with van der Waals surface area (Å²) in [5, 5.41) is 0.307. The van der Waals surface area contributed by atoms with Crippen LogP contribution in [0.3, 0.4) is 0 Å². The fourth-order valence-corrected chi connectivity index (χ4v) is 5.61. The van der Waals surface area contributed by atoms with E-state index in [1.165, 1.54) is 7.11 Å². The van der Waals surface area contributed by atoms with Crippen LogP contribution < -0.4 is 9.47 Å². The summed E-state index contributed by atoms with van der Waals surface area (Å²) in [6.07, 6.45) is 1.73. The highest BCUT2D eigenvalue weighted by atomic mass is 35.5. The summed E-state index contributed by atoms with van der Waals surface area (Å²) >= 11 is 6.52. The molecule has 2 fully saturated rings.